The van der Waals surface area contributed by atoms with Crippen molar-refractivity contribution in [1.82, 2.24) is 5.32 Å². The summed E-state index contributed by atoms with van der Waals surface area (Å²) in [6, 6.07) is -0.668. The van der Waals surface area contributed by atoms with Gasteiger partial charge < -0.3 is 21.5 Å². The summed E-state index contributed by atoms with van der Waals surface area (Å²) in [7, 11) is 0. The number of ether oxygens (including phenoxy) is 1. The summed E-state index contributed by atoms with van der Waals surface area (Å²) >= 11 is 0. The van der Waals surface area contributed by atoms with Crippen LogP contribution in [0.1, 0.15) is 19.8 Å². The molecule has 1 rings (SSSR count). The van der Waals surface area contributed by atoms with Gasteiger partial charge in [-0.1, -0.05) is 0 Å². The number of carbonyl (C=O) groups is 2. The van der Waals surface area contributed by atoms with E-state index in [2.05, 4.69) is 5.32 Å². The molecule has 2 amide bonds. The maximum Gasteiger partial charge on any atom is 0.239 e. The first-order valence-electron chi connectivity index (χ1n) is 5.40. The highest BCUT2D eigenvalue weighted by Crippen LogP contribution is 2.29. The highest BCUT2D eigenvalue weighted by atomic mass is 16.5. The molecule has 0 saturated carbocycles. The molecule has 6 heteroatoms. The molecule has 0 radical (unpaired) electrons. The average molecular weight is 229 g/mol. The number of hydrogen-bond acceptors (Lipinski definition) is 4. The van der Waals surface area contributed by atoms with Crippen molar-refractivity contribution in [2.45, 2.75) is 25.8 Å². The second-order valence-corrected chi connectivity index (χ2v) is 4.19. The Bertz CT molecular complexity index is 274. The highest BCUT2D eigenvalue weighted by Gasteiger charge is 2.39. The van der Waals surface area contributed by atoms with Crippen LogP contribution < -0.4 is 16.8 Å². The predicted octanol–water partition coefficient (Wildman–Crippen LogP) is -1.27. The van der Waals surface area contributed by atoms with E-state index in [0.29, 0.717) is 26.1 Å². The summed E-state index contributed by atoms with van der Waals surface area (Å²) in [5.74, 6) is -0.753. The summed E-state index contributed by atoms with van der Waals surface area (Å²) in [4.78, 5) is 22.9. The molecule has 5 N–H and O–H groups in total. The van der Waals surface area contributed by atoms with Gasteiger partial charge in [0.05, 0.1) is 5.41 Å². The van der Waals surface area contributed by atoms with E-state index in [0.717, 1.165) is 0 Å². The topological polar surface area (TPSA) is 107 Å². The van der Waals surface area contributed by atoms with Crippen molar-refractivity contribution in [1.29, 1.82) is 0 Å². The number of primary amides is 1. The lowest BCUT2D eigenvalue weighted by Crippen LogP contribution is -2.53. The van der Waals surface area contributed by atoms with Gasteiger partial charge in [-0.3, -0.25) is 9.59 Å². The molecule has 0 bridgehead atoms. The van der Waals surface area contributed by atoms with E-state index < -0.39 is 17.4 Å². The summed E-state index contributed by atoms with van der Waals surface area (Å²) in [6.45, 7) is 2.86. The molecule has 1 saturated heterocycles. The van der Waals surface area contributed by atoms with Crippen LogP contribution in [-0.2, 0) is 14.3 Å². The number of rotatable bonds is 4. The van der Waals surface area contributed by atoms with Crippen LogP contribution in [-0.4, -0.2) is 37.6 Å². The van der Waals surface area contributed by atoms with E-state index >= 15 is 0 Å². The minimum atomic E-state index is -0.668. The smallest absolute Gasteiger partial charge is 0.239 e. The Balaban J connectivity index is 2.65. The van der Waals surface area contributed by atoms with Crippen LogP contribution in [0.2, 0.25) is 0 Å². The number of nitrogens with two attached hydrogens (primary N) is 2. The Hall–Kier alpha value is -1.14. The second kappa shape index (κ2) is 5.27. The fraction of sp³-hybridized carbons (Fsp3) is 0.800. The van der Waals surface area contributed by atoms with Crippen molar-refractivity contribution in [3.05, 3.63) is 0 Å². The van der Waals surface area contributed by atoms with Crippen LogP contribution >= 0.6 is 0 Å². The zero-order valence-electron chi connectivity index (χ0n) is 9.49. The Morgan fingerprint density at radius 1 is 1.44 bits per heavy atom. The number of nitrogens with one attached hydrogen (secondary N) is 1. The molecular formula is C10H19N3O3. The van der Waals surface area contributed by atoms with Crippen LogP contribution in [0, 0.1) is 5.41 Å². The van der Waals surface area contributed by atoms with Gasteiger partial charge in [-0.2, -0.15) is 0 Å². The number of hydrogen-bond donors (Lipinski definition) is 3. The first-order valence-corrected chi connectivity index (χ1v) is 5.40. The van der Waals surface area contributed by atoms with Crippen LogP contribution in [0.15, 0.2) is 0 Å². The number of amides is 2. The monoisotopic (exact) mass is 229 g/mol. The van der Waals surface area contributed by atoms with Gasteiger partial charge in [0.2, 0.25) is 11.8 Å². The zero-order chi connectivity index (χ0) is 12.2. The minimum absolute atomic E-state index is 0.204. The van der Waals surface area contributed by atoms with Crippen LogP contribution in [0.3, 0.4) is 0 Å². The van der Waals surface area contributed by atoms with Crippen molar-refractivity contribution >= 4 is 11.8 Å². The van der Waals surface area contributed by atoms with Gasteiger partial charge in [0, 0.05) is 19.8 Å². The Kier molecular flexibility index (Phi) is 4.26. The largest absolute Gasteiger partial charge is 0.381 e. The van der Waals surface area contributed by atoms with E-state index in [-0.39, 0.29) is 12.5 Å². The van der Waals surface area contributed by atoms with E-state index in [1.54, 1.807) is 6.92 Å². The van der Waals surface area contributed by atoms with E-state index in [1.165, 1.54) is 0 Å². The molecule has 1 aliphatic heterocycles. The normalized spacial score (nSPS) is 21.1. The molecule has 1 aliphatic rings. The van der Waals surface area contributed by atoms with E-state index in [1.807, 2.05) is 0 Å². The SMILES string of the molecule is CC(NC(=O)C1(CN)CCOCC1)C(N)=O. The maximum atomic E-state index is 12.0. The van der Waals surface area contributed by atoms with E-state index in [9.17, 15) is 9.59 Å². The second-order valence-electron chi connectivity index (χ2n) is 4.19. The summed E-state index contributed by atoms with van der Waals surface area (Å²) in [5, 5.41) is 2.59. The van der Waals surface area contributed by atoms with Gasteiger partial charge in [-0.05, 0) is 19.8 Å². The molecule has 1 unspecified atom stereocenters. The lowest BCUT2D eigenvalue weighted by Gasteiger charge is -2.35. The third-order valence-corrected chi connectivity index (χ3v) is 3.10. The molecule has 0 spiro atoms. The highest BCUT2D eigenvalue weighted by molar-refractivity contribution is 5.89. The van der Waals surface area contributed by atoms with Gasteiger partial charge >= 0.3 is 0 Å². The van der Waals surface area contributed by atoms with Gasteiger partial charge in [0.1, 0.15) is 6.04 Å². The fourth-order valence-electron chi connectivity index (χ4n) is 1.71. The van der Waals surface area contributed by atoms with Crippen LogP contribution in [0.4, 0.5) is 0 Å². The molecule has 16 heavy (non-hydrogen) atoms. The standard InChI is InChI=1S/C10H19N3O3/c1-7(8(12)14)13-9(15)10(6-11)2-4-16-5-3-10/h7H,2-6,11H2,1H3,(H2,12,14)(H,13,15). The third-order valence-electron chi connectivity index (χ3n) is 3.10. The molecule has 0 aromatic rings. The van der Waals surface area contributed by atoms with Gasteiger partial charge in [0.15, 0.2) is 0 Å². The first-order chi connectivity index (χ1) is 7.52. The lowest BCUT2D eigenvalue weighted by molar-refractivity contribution is -0.138. The molecule has 92 valence electrons. The van der Waals surface area contributed by atoms with Crippen molar-refractivity contribution in [2.75, 3.05) is 19.8 Å². The predicted molar refractivity (Wildman–Crippen MR) is 58.3 cm³/mol. The molecule has 0 aromatic heterocycles. The average Bonchev–Trinajstić information content (AvgIpc) is 2.29. The third kappa shape index (κ3) is 2.70. The van der Waals surface area contributed by atoms with Gasteiger partial charge in [0.25, 0.3) is 0 Å². The zero-order valence-corrected chi connectivity index (χ0v) is 9.49. The Morgan fingerprint density at radius 2 is 2.00 bits per heavy atom. The van der Waals surface area contributed by atoms with Crippen molar-refractivity contribution in [2.24, 2.45) is 16.9 Å². The first kappa shape index (κ1) is 12.9. The Labute approximate surface area is 94.7 Å². The molecule has 1 heterocycles. The van der Waals surface area contributed by atoms with Crippen molar-refractivity contribution in [3.8, 4) is 0 Å². The molecule has 1 fully saturated rings. The summed E-state index contributed by atoms with van der Waals surface area (Å²) in [5.41, 5.74) is 10.1. The van der Waals surface area contributed by atoms with E-state index in [4.69, 9.17) is 16.2 Å². The minimum Gasteiger partial charge on any atom is -0.381 e. The maximum absolute atomic E-state index is 12.0. The van der Waals surface area contributed by atoms with Gasteiger partial charge in [-0.15, -0.1) is 0 Å². The Morgan fingerprint density at radius 3 is 2.44 bits per heavy atom. The summed E-state index contributed by atoms with van der Waals surface area (Å²) < 4.78 is 5.20. The molecule has 0 aromatic carbocycles. The fourth-order valence-corrected chi connectivity index (χ4v) is 1.71. The quantitative estimate of drug-likeness (QED) is 0.558. The molecule has 0 aliphatic carbocycles. The molecular weight excluding hydrogens is 210 g/mol. The number of carbonyl (C=O) groups excluding carboxylic acids is 2. The lowest BCUT2D eigenvalue weighted by atomic mass is 9.79. The molecule has 6 nitrogen and oxygen atoms in total. The molecule has 1 atom stereocenters. The van der Waals surface area contributed by atoms with Crippen LogP contribution in [0.25, 0.3) is 0 Å². The van der Waals surface area contributed by atoms with Crippen molar-refractivity contribution < 1.29 is 14.3 Å². The summed E-state index contributed by atoms with van der Waals surface area (Å²) in [6.07, 6.45) is 1.17. The van der Waals surface area contributed by atoms with Crippen LogP contribution in [0.5, 0.6) is 0 Å². The van der Waals surface area contributed by atoms with Crippen molar-refractivity contribution in [3.63, 3.8) is 0 Å². The van der Waals surface area contributed by atoms with Gasteiger partial charge in [-0.25, -0.2) is 0 Å².